The van der Waals surface area contributed by atoms with Crippen molar-refractivity contribution in [3.05, 3.63) is 48.2 Å². The van der Waals surface area contributed by atoms with Crippen LogP contribution in [0.25, 0.3) is 0 Å². The molecule has 3 nitrogen and oxygen atoms in total. The van der Waals surface area contributed by atoms with E-state index in [1.165, 1.54) is 24.8 Å². The molecule has 2 unspecified atom stereocenters. The van der Waals surface area contributed by atoms with Gasteiger partial charge >= 0.3 is 0 Å². The summed E-state index contributed by atoms with van der Waals surface area (Å²) in [5.41, 5.74) is 2.27. The summed E-state index contributed by atoms with van der Waals surface area (Å²) >= 11 is 0. The van der Waals surface area contributed by atoms with Gasteiger partial charge in [0.2, 0.25) is 0 Å². The molecule has 4 heteroatoms. The number of likely N-dealkylation sites (tertiary alicyclic amines) is 1. The van der Waals surface area contributed by atoms with Gasteiger partial charge in [0.1, 0.15) is 0 Å². The van der Waals surface area contributed by atoms with Crippen LogP contribution in [-0.2, 0) is 6.42 Å². The van der Waals surface area contributed by atoms with Crippen LogP contribution in [0, 0.1) is 22.6 Å². The third-order valence-electron chi connectivity index (χ3n) is 4.97. The smallest absolute Gasteiger partial charge is 0.253 e. The van der Waals surface area contributed by atoms with E-state index in [4.69, 9.17) is 10.5 Å². The molecule has 1 saturated heterocycles. The predicted octanol–water partition coefficient (Wildman–Crippen LogP) is 4.00. The number of nitrogens with zero attached hydrogens (tertiary/aromatic N) is 3. The second kappa shape index (κ2) is 9.84. The van der Waals surface area contributed by atoms with Gasteiger partial charge in [0.15, 0.2) is 0 Å². The van der Waals surface area contributed by atoms with E-state index in [2.05, 4.69) is 47.8 Å². The van der Waals surface area contributed by atoms with Gasteiger partial charge < -0.3 is 4.90 Å². The number of hydrogen-bond acceptors (Lipinski definition) is 3. The maximum atomic E-state index is 9.15. The molecule has 0 spiro atoms. The van der Waals surface area contributed by atoms with Crippen LogP contribution in [0.15, 0.2) is 42.6 Å². The molecule has 0 bridgehead atoms. The highest BCUT2D eigenvalue weighted by Crippen LogP contribution is 2.28. The van der Waals surface area contributed by atoms with E-state index in [0.29, 0.717) is 25.6 Å². The molecule has 1 aliphatic heterocycles. The fraction of sp³-hybridized carbons (Fsp3) is 0.500. The van der Waals surface area contributed by atoms with E-state index < -0.39 is 0 Å². The SMILES string of the molecule is C=C(CC#N)N1CCCCC1CCC(BC#N)Cc1ccccc1. The maximum Gasteiger partial charge on any atom is 0.253 e. The molecule has 1 heterocycles. The van der Waals surface area contributed by atoms with E-state index in [-0.39, 0.29) is 0 Å². The van der Waals surface area contributed by atoms with Crippen LogP contribution < -0.4 is 0 Å². The minimum absolute atomic E-state index is 0.408. The highest BCUT2D eigenvalue weighted by atomic mass is 15.2. The van der Waals surface area contributed by atoms with Gasteiger partial charge in [-0.3, -0.25) is 0 Å². The van der Waals surface area contributed by atoms with Gasteiger partial charge in [0.05, 0.1) is 12.5 Å². The first-order valence-corrected chi connectivity index (χ1v) is 8.96. The highest BCUT2D eigenvalue weighted by Gasteiger charge is 2.24. The van der Waals surface area contributed by atoms with E-state index in [1.54, 1.807) is 0 Å². The normalized spacial score (nSPS) is 18.2. The molecule has 2 atom stereocenters. The Labute approximate surface area is 146 Å². The minimum Gasteiger partial charge on any atom is -0.371 e. The molecule has 0 saturated carbocycles. The number of allylic oxidation sites excluding steroid dienone is 1. The Morgan fingerprint density at radius 1 is 1.29 bits per heavy atom. The van der Waals surface area contributed by atoms with Gasteiger partial charge in [0, 0.05) is 18.3 Å². The number of benzene rings is 1. The third-order valence-corrected chi connectivity index (χ3v) is 4.97. The van der Waals surface area contributed by atoms with Crippen molar-refractivity contribution in [3.63, 3.8) is 0 Å². The largest absolute Gasteiger partial charge is 0.371 e. The van der Waals surface area contributed by atoms with Crippen LogP contribution in [0.5, 0.6) is 0 Å². The average Bonchev–Trinajstić information content (AvgIpc) is 2.61. The number of piperidine rings is 1. The van der Waals surface area contributed by atoms with Gasteiger partial charge in [-0.1, -0.05) is 43.3 Å². The first-order valence-electron chi connectivity index (χ1n) is 8.96. The Bertz CT molecular complexity index is 600. The quantitative estimate of drug-likeness (QED) is 0.681. The van der Waals surface area contributed by atoms with E-state index in [9.17, 15) is 0 Å². The summed E-state index contributed by atoms with van der Waals surface area (Å²) < 4.78 is 0. The fourth-order valence-electron chi connectivity index (χ4n) is 3.69. The van der Waals surface area contributed by atoms with Crippen molar-refractivity contribution in [2.75, 3.05) is 6.54 Å². The van der Waals surface area contributed by atoms with Crippen molar-refractivity contribution in [3.8, 4) is 12.0 Å². The van der Waals surface area contributed by atoms with Crippen LogP contribution in [0.2, 0.25) is 5.82 Å². The molecule has 2 rings (SSSR count). The summed E-state index contributed by atoms with van der Waals surface area (Å²) in [5, 5.41) is 18.1. The van der Waals surface area contributed by atoms with Crippen LogP contribution in [0.4, 0.5) is 0 Å². The van der Waals surface area contributed by atoms with Gasteiger partial charge in [0.25, 0.3) is 7.28 Å². The zero-order valence-electron chi connectivity index (χ0n) is 14.5. The number of hydrogen-bond donors (Lipinski definition) is 0. The lowest BCUT2D eigenvalue weighted by molar-refractivity contribution is 0.179. The van der Waals surface area contributed by atoms with Crippen molar-refractivity contribution in [2.45, 2.75) is 56.8 Å². The maximum absolute atomic E-state index is 9.15. The van der Waals surface area contributed by atoms with Crippen LogP contribution >= 0.6 is 0 Å². The first-order chi connectivity index (χ1) is 11.7. The molecule has 0 radical (unpaired) electrons. The molecule has 1 fully saturated rings. The Morgan fingerprint density at radius 3 is 2.79 bits per heavy atom. The van der Waals surface area contributed by atoms with Crippen LogP contribution in [-0.4, -0.2) is 24.8 Å². The molecular weight excluding hydrogens is 293 g/mol. The molecule has 0 N–H and O–H groups in total. The summed E-state index contributed by atoms with van der Waals surface area (Å²) in [5.74, 6) is 2.76. The summed E-state index contributed by atoms with van der Waals surface area (Å²) in [7, 11) is 0.612. The number of rotatable bonds is 8. The molecule has 0 amide bonds. The van der Waals surface area contributed by atoms with Crippen molar-refractivity contribution in [2.24, 2.45) is 0 Å². The molecule has 1 aliphatic rings. The lowest BCUT2D eigenvalue weighted by Gasteiger charge is -2.39. The van der Waals surface area contributed by atoms with Crippen molar-refractivity contribution in [1.82, 2.24) is 4.90 Å². The monoisotopic (exact) mass is 319 g/mol. The zero-order chi connectivity index (χ0) is 17.2. The van der Waals surface area contributed by atoms with Gasteiger partial charge in [-0.2, -0.15) is 5.26 Å². The Kier molecular flexibility index (Phi) is 7.44. The van der Waals surface area contributed by atoms with E-state index >= 15 is 0 Å². The van der Waals surface area contributed by atoms with E-state index in [1.807, 2.05) is 6.07 Å². The molecule has 24 heavy (non-hydrogen) atoms. The Balaban J connectivity index is 1.93. The third kappa shape index (κ3) is 5.46. The summed E-state index contributed by atoms with van der Waals surface area (Å²) in [6.07, 6.45) is 7.15. The van der Waals surface area contributed by atoms with Crippen LogP contribution in [0.1, 0.15) is 44.1 Å². The molecule has 124 valence electrons. The van der Waals surface area contributed by atoms with Crippen molar-refractivity contribution >= 4 is 7.28 Å². The first kappa shape index (κ1) is 18.1. The average molecular weight is 319 g/mol. The van der Waals surface area contributed by atoms with Crippen LogP contribution in [0.3, 0.4) is 0 Å². The molecule has 0 aromatic heterocycles. The summed E-state index contributed by atoms with van der Waals surface area (Å²) in [4.78, 5) is 2.35. The van der Waals surface area contributed by atoms with Gasteiger partial charge in [-0.25, -0.2) is 5.26 Å². The topological polar surface area (TPSA) is 50.8 Å². The van der Waals surface area contributed by atoms with Crippen molar-refractivity contribution in [1.29, 1.82) is 10.5 Å². The number of nitriles is 2. The zero-order valence-corrected chi connectivity index (χ0v) is 14.5. The fourth-order valence-corrected chi connectivity index (χ4v) is 3.69. The second-order valence-electron chi connectivity index (χ2n) is 6.74. The Hall–Kier alpha value is -2.20. The molecule has 1 aromatic rings. The van der Waals surface area contributed by atoms with Gasteiger partial charge in [-0.05, 0) is 49.5 Å². The predicted molar refractivity (Wildman–Crippen MR) is 99.6 cm³/mol. The molecule has 1 aromatic carbocycles. The highest BCUT2D eigenvalue weighted by molar-refractivity contribution is 6.46. The summed E-state index contributed by atoms with van der Waals surface area (Å²) in [6, 6.07) is 13.1. The lowest BCUT2D eigenvalue weighted by Crippen LogP contribution is -2.38. The standard InChI is InChI=1S/C20H26BN3/c1-17(12-13-22)24-14-6-5-9-20(24)11-10-19(21-16-23)15-18-7-3-2-4-8-18/h2-4,7-8,19-21H,1,5-6,9-12,14-15H2. The van der Waals surface area contributed by atoms with E-state index in [0.717, 1.165) is 31.5 Å². The molecule has 0 aliphatic carbocycles. The second-order valence-corrected chi connectivity index (χ2v) is 6.74. The lowest BCUT2D eigenvalue weighted by atomic mass is 9.61. The molecular formula is C20H26BN3. The Morgan fingerprint density at radius 2 is 2.08 bits per heavy atom. The van der Waals surface area contributed by atoms with Gasteiger partial charge in [-0.15, -0.1) is 0 Å². The minimum atomic E-state index is 0.408. The summed E-state index contributed by atoms with van der Waals surface area (Å²) in [6.45, 7) is 5.12. The van der Waals surface area contributed by atoms with Crippen molar-refractivity contribution < 1.29 is 0 Å².